The number of nitrogens with one attached hydrogen (secondary N) is 1. The molecular formula is C14H25NO8. The zero-order valence-corrected chi connectivity index (χ0v) is 13.0. The minimum atomic E-state index is -1.87. The zero-order chi connectivity index (χ0) is 17.2. The lowest BCUT2D eigenvalue weighted by Crippen LogP contribution is -2.66. The van der Waals surface area contributed by atoms with Crippen molar-refractivity contribution in [1.82, 2.24) is 5.32 Å². The Morgan fingerprint density at radius 1 is 1.30 bits per heavy atom. The van der Waals surface area contributed by atoms with Crippen molar-refractivity contribution in [3.63, 3.8) is 0 Å². The van der Waals surface area contributed by atoms with Crippen molar-refractivity contribution in [1.29, 1.82) is 0 Å². The van der Waals surface area contributed by atoms with Crippen molar-refractivity contribution >= 4 is 5.91 Å². The topological polar surface area (TPSA) is 149 Å². The van der Waals surface area contributed by atoms with E-state index < -0.39 is 55.0 Å². The van der Waals surface area contributed by atoms with E-state index in [0.29, 0.717) is 12.8 Å². The summed E-state index contributed by atoms with van der Waals surface area (Å²) in [5.74, 6) is -2.36. The highest BCUT2D eigenvalue weighted by atomic mass is 16.8. The molecule has 0 bridgehead atoms. The first-order valence-corrected chi connectivity index (χ1v) is 7.76. The van der Waals surface area contributed by atoms with Crippen LogP contribution in [0.15, 0.2) is 0 Å². The van der Waals surface area contributed by atoms with Crippen molar-refractivity contribution in [2.24, 2.45) is 0 Å². The van der Waals surface area contributed by atoms with Crippen LogP contribution >= 0.6 is 0 Å². The van der Waals surface area contributed by atoms with Crippen LogP contribution in [0.5, 0.6) is 0 Å². The number of aliphatic hydroxyl groups is 5. The van der Waals surface area contributed by atoms with Gasteiger partial charge in [-0.05, 0) is 12.8 Å². The molecule has 6 N–H and O–H groups in total. The Morgan fingerprint density at radius 3 is 2.57 bits per heavy atom. The molecule has 2 fully saturated rings. The van der Waals surface area contributed by atoms with Gasteiger partial charge in [-0.15, -0.1) is 0 Å². The van der Waals surface area contributed by atoms with Gasteiger partial charge in [-0.3, -0.25) is 4.79 Å². The summed E-state index contributed by atoms with van der Waals surface area (Å²) in [5.41, 5.74) is 0. The predicted molar refractivity (Wildman–Crippen MR) is 75.9 cm³/mol. The van der Waals surface area contributed by atoms with Gasteiger partial charge in [0.15, 0.2) is 12.1 Å². The maximum atomic E-state index is 11.3. The van der Waals surface area contributed by atoms with Crippen LogP contribution in [-0.4, -0.2) is 80.6 Å². The fourth-order valence-electron chi connectivity index (χ4n) is 3.02. The molecule has 0 radical (unpaired) electrons. The number of rotatable bonds is 4. The molecule has 9 nitrogen and oxygen atoms in total. The van der Waals surface area contributed by atoms with Gasteiger partial charge in [-0.2, -0.15) is 0 Å². The molecule has 2 aliphatic rings. The van der Waals surface area contributed by atoms with Gasteiger partial charge < -0.3 is 40.3 Å². The van der Waals surface area contributed by atoms with Crippen LogP contribution in [0.1, 0.15) is 32.6 Å². The Balaban J connectivity index is 2.18. The summed E-state index contributed by atoms with van der Waals surface area (Å²) in [6.07, 6.45) is -4.58. The molecule has 23 heavy (non-hydrogen) atoms. The molecule has 2 unspecified atom stereocenters. The van der Waals surface area contributed by atoms with Gasteiger partial charge in [-0.25, -0.2) is 0 Å². The fourth-order valence-corrected chi connectivity index (χ4v) is 3.02. The van der Waals surface area contributed by atoms with E-state index in [9.17, 15) is 30.3 Å². The molecule has 0 spiro atoms. The minimum absolute atomic E-state index is 0.170. The lowest BCUT2D eigenvalue weighted by molar-refractivity contribution is -0.367. The quantitative estimate of drug-likeness (QED) is 0.311. The maximum absolute atomic E-state index is 11.3. The van der Waals surface area contributed by atoms with Crippen LogP contribution in [0.2, 0.25) is 0 Å². The number of amides is 1. The van der Waals surface area contributed by atoms with Gasteiger partial charge in [0, 0.05) is 13.3 Å². The summed E-state index contributed by atoms with van der Waals surface area (Å²) in [4.78, 5) is 11.3. The predicted octanol–water partition coefficient (Wildman–Crippen LogP) is -2.43. The van der Waals surface area contributed by atoms with Crippen molar-refractivity contribution in [2.45, 2.75) is 75.1 Å². The lowest BCUT2D eigenvalue weighted by Gasteiger charge is -2.46. The van der Waals surface area contributed by atoms with Gasteiger partial charge in [-0.1, -0.05) is 6.42 Å². The molecule has 1 aliphatic heterocycles. The molecule has 0 aromatic carbocycles. The lowest BCUT2D eigenvalue weighted by atomic mass is 9.90. The monoisotopic (exact) mass is 335 g/mol. The van der Waals surface area contributed by atoms with Gasteiger partial charge in [0.25, 0.3) is 0 Å². The molecule has 2 rings (SSSR count). The van der Waals surface area contributed by atoms with E-state index in [2.05, 4.69) is 5.32 Å². The normalized spacial score (nSPS) is 44.8. The first kappa shape index (κ1) is 18.5. The highest BCUT2D eigenvalue weighted by Gasteiger charge is 2.50. The number of aliphatic hydroxyl groups excluding tert-OH is 4. The number of ether oxygens (including phenoxy) is 2. The van der Waals surface area contributed by atoms with E-state index in [4.69, 9.17) is 9.47 Å². The summed E-state index contributed by atoms with van der Waals surface area (Å²) in [6, 6.07) is -1.15. The number of hydrogen-bond acceptors (Lipinski definition) is 8. The van der Waals surface area contributed by atoms with E-state index in [0.717, 1.165) is 6.42 Å². The van der Waals surface area contributed by atoms with Gasteiger partial charge in [0.2, 0.25) is 5.91 Å². The molecule has 1 heterocycles. The smallest absolute Gasteiger partial charge is 0.217 e. The molecule has 1 amide bonds. The van der Waals surface area contributed by atoms with Crippen LogP contribution in [0.4, 0.5) is 0 Å². The summed E-state index contributed by atoms with van der Waals surface area (Å²) in [7, 11) is 0. The molecule has 0 aromatic heterocycles. The van der Waals surface area contributed by atoms with Crippen LogP contribution in [0.3, 0.4) is 0 Å². The standard InChI is InChI=1S/C14H25NO8/c1-7(17)15-10-12(20)11(19)8(6-16)22-13(10)23-14(21)5-3-2-4-9(14)18/h8-13,16,18-21H,2-6H2,1H3,(H,15,17)/t8-,9?,10-,11-,12-,13-,14?/m1/s1. The number of hydrogen-bond donors (Lipinski definition) is 6. The second kappa shape index (κ2) is 7.39. The second-order valence-corrected chi connectivity index (χ2v) is 6.16. The zero-order valence-electron chi connectivity index (χ0n) is 13.0. The van der Waals surface area contributed by atoms with Gasteiger partial charge in [0.05, 0.1) is 6.61 Å². The Kier molecular flexibility index (Phi) is 5.95. The largest absolute Gasteiger partial charge is 0.394 e. The number of carbonyl (C=O) groups excluding carboxylic acids is 1. The highest BCUT2D eigenvalue weighted by Crippen LogP contribution is 2.33. The van der Waals surface area contributed by atoms with Gasteiger partial charge in [0.1, 0.15) is 30.5 Å². The van der Waals surface area contributed by atoms with E-state index in [1.54, 1.807) is 0 Å². The maximum Gasteiger partial charge on any atom is 0.217 e. The SMILES string of the molecule is CC(=O)N[C@H]1[C@@H](OC2(O)CCCCC2O)O[C@H](CO)[C@@H](O)[C@@H]1O. The first-order valence-electron chi connectivity index (χ1n) is 7.76. The van der Waals surface area contributed by atoms with Crippen LogP contribution in [-0.2, 0) is 14.3 Å². The van der Waals surface area contributed by atoms with Crippen LogP contribution in [0, 0.1) is 0 Å². The number of carbonyl (C=O) groups is 1. The summed E-state index contributed by atoms with van der Waals surface area (Å²) in [6.45, 7) is 0.643. The fraction of sp³-hybridized carbons (Fsp3) is 0.929. The average molecular weight is 335 g/mol. The first-order chi connectivity index (χ1) is 10.8. The van der Waals surface area contributed by atoms with Crippen LogP contribution < -0.4 is 5.32 Å². The van der Waals surface area contributed by atoms with Crippen molar-refractivity contribution in [3.8, 4) is 0 Å². The Bertz CT molecular complexity index is 422. The third kappa shape index (κ3) is 4.00. The minimum Gasteiger partial charge on any atom is -0.394 e. The molecule has 134 valence electrons. The molecule has 7 atom stereocenters. The van der Waals surface area contributed by atoms with Crippen molar-refractivity contribution < 1.29 is 39.8 Å². The Morgan fingerprint density at radius 2 is 2.00 bits per heavy atom. The van der Waals surface area contributed by atoms with Crippen molar-refractivity contribution in [2.75, 3.05) is 6.61 Å². The highest BCUT2D eigenvalue weighted by molar-refractivity contribution is 5.73. The van der Waals surface area contributed by atoms with E-state index >= 15 is 0 Å². The summed E-state index contributed by atoms with van der Waals surface area (Å²) >= 11 is 0. The molecule has 0 aromatic rings. The Labute approximate surface area is 133 Å². The van der Waals surface area contributed by atoms with E-state index in [-0.39, 0.29) is 6.42 Å². The van der Waals surface area contributed by atoms with Crippen LogP contribution in [0.25, 0.3) is 0 Å². The molecule has 1 aliphatic carbocycles. The second-order valence-electron chi connectivity index (χ2n) is 6.16. The third-order valence-corrected chi connectivity index (χ3v) is 4.35. The molecular weight excluding hydrogens is 310 g/mol. The summed E-state index contributed by atoms with van der Waals surface area (Å²) in [5, 5.41) is 52.2. The van der Waals surface area contributed by atoms with Gasteiger partial charge >= 0.3 is 0 Å². The Hall–Kier alpha value is -0.810. The summed E-state index contributed by atoms with van der Waals surface area (Å²) < 4.78 is 10.9. The molecule has 9 heteroatoms. The van der Waals surface area contributed by atoms with E-state index in [1.165, 1.54) is 6.92 Å². The average Bonchev–Trinajstić information content (AvgIpc) is 2.49. The molecule has 1 saturated heterocycles. The molecule has 1 saturated carbocycles. The van der Waals surface area contributed by atoms with E-state index in [1.807, 2.05) is 0 Å². The van der Waals surface area contributed by atoms with Crippen molar-refractivity contribution in [3.05, 3.63) is 0 Å². The third-order valence-electron chi connectivity index (χ3n) is 4.35.